The van der Waals surface area contributed by atoms with Crippen LogP contribution in [0.15, 0.2) is 12.1 Å². The summed E-state index contributed by atoms with van der Waals surface area (Å²) in [6, 6.07) is 1.53. The highest BCUT2D eigenvalue weighted by molar-refractivity contribution is 5.94. The SMILES string of the molecule is COC(=O)c1cc([N+](=O)[O-])c(NCC(=O)O)c([N+](=O)[O-])c1. The van der Waals surface area contributed by atoms with Crippen LogP contribution >= 0.6 is 0 Å². The quantitative estimate of drug-likeness (QED) is 0.439. The van der Waals surface area contributed by atoms with Gasteiger partial charge in [-0.15, -0.1) is 0 Å². The number of nitro benzene ring substituents is 2. The Hall–Kier alpha value is -3.24. The van der Waals surface area contributed by atoms with E-state index in [0.717, 1.165) is 19.2 Å². The number of ether oxygens (including phenoxy) is 1. The van der Waals surface area contributed by atoms with Crippen LogP contribution in [0.3, 0.4) is 0 Å². The molecular weight excluding hydrogens is 290 g/mol. The molecule has 0 fully saturated rings. The number of hydrogen-bond donors (Lipinski definition) is 2. The summed E-state index contributed by atoms with van der Waals surface area (Å²) < 4.78 is 4.35. The summed E-state index contributed by atoms with van der Waals surface area (Å²) >= 11 is 0. The standard InChI is InChI=1S/C10H9N3O8/c1-21-10(16)5-2-6(12(17)18)9(11-4-8(14)15)7(3-5)13(19)20/h2-3,11H,4H2,1H3,(H,14,15). The number of carboxylic acids is 1. The van der Waals surface area contributed by atoms with Crippen LogP contribution in [-0.2, 0) is 9.53 Å². The van der Waals surface area contributed by atoms with Gasteiger partial charge in [0.25, 0.3) is 11.4 Å². The molecule has 11 heteroatoms. The lowest BCUT2D eigenvalue weighted by Gasteiger charge is -2.07. The van der Waals surface area contributed by atoms with Gasteiger partial charge in [-0.1, -0.05) is 0 Å². The van der Waals surface area contributed by atoms with Crippen molar-refractivity contribution in [3.8, 4) is 0 Å². The van der Waals surface area contributed by atoms with E-state index in [1.165, 1.54) is 0 Å². The lowest BCUT2D eigenvalue weighted by Crippen LogP contribution is -2.15. The number of carboxylic acid groups (broad SMARTS) is 1. The Morgan fingerprint density at radius 3 is 2.05 bits per heavy atom. The molecule has 1 aromatic rings. The third-order valence-corrected chi connectivity index (χ3v) is 2.33. The fourth-order valence-corrected chi connectivity index (χ4v) is 1.48. The minimum atomic E-state index is -1.37. The van der Waals surface area contributed by atoms with Gasteiger partial charge in [-0.05, 0) is 0 Å². The lowest BCUT2D eigenvalue weighted by molar-refractivity contribution is -0.392. The molecule has 0 saturated carbocycles. The molecule has 0 unspecified atom stereocenters. The Balaban J connectivity index is 3.50. The van der Waals surface area contributed by atoms with Crippen molar-refractivity contribution >= 4 is 29.0 Å². The van der Waals surface area contributed by atoms with E-state index < -0.39 is 51.0 Å². The number of aliphatic carboxylic acids is 1. The van der Waals surface area contributed by atoms with Crippen LogP contribution in [-0.4, -0.2) is 40.5 Å². The molecule has 0 bridgehead atoms. The monoisotopic (exact) mass is 299 g/mol. The number of rotatable bonds is 6. The lowest BCUT2D eigenvalue weighted by atomic mass is 10.1. The summed E-state index contributed by atoms with van der Waals surface area (Å²) in [5, 5.41) is 32.5. The van der Waals surface area contributed by atoms with Crippen molar-refractivity contribution in [2.45, 2.75) is 0 Å². The van der Waals surface area contributed by atoms with Gasteiger partial charge in [0.15, 0.2) is 5.69 Å². The molecule has 0 saturated heterocycles. The average Bonchev–Trinajstić information content (AvgIpc) is 2.42. The van der Waals surface area contributed by atoms with Crippen LogP contribution in [0.2, 0.25) is 0 Å². The number of carbonyl (C=O) groups excluding carboxylic acids is 1. The average molecular weight is 299 g/mol. The fourth-order valence-electron chi connectivity index (χ4n) is 1.48. The zero-order valence-electron chi connectivity index (χ0n) is 10.6. The molecule has 112 valence electrons. The largest absolute Gasteiger partial charge is 0.480 e. The van der Waals surface area contributed by atoms with E-state index >= 15 is 0 Å². The normalized spacial score (nSPS) is 9.76. The maximum atomic E-state index is 11.4. The third-order valence-electron chi connectivity index (χ3n) is 2.33. The molecule has 0 heterocycles. The van der Waals surface area contributed by atoms with Crippen LogP contribution in [0, 0.1) is 20.2 Å². The molecule has 0 amide bonds. The number of nitro groups is 2. The predicted molar refractivity (Wildman–Crippen MR) is 67.2 cm³/mol. The maximum absolute atomic E-state index is 11.4. The first-order valence-electron chi connectivity index (χ1n) is 5.28. The van der Waals surface area contributed by atoms with E-state index in [1.54, 1.807) is 0 Å². The number of nitrogens with one attached hydrogen (secondary N) is 1. The summed E-state index contributed by atoms with van der Waals surface area (Å²) in [6.07, 6.45) is 0. The Morgan fingerprint density at radius 1 is 1.24 bits per heavy atom. The first kappa shape index (κ1) is 15.8. The van der Waals surface area contributed by atoms with Gasteiger partial charge in [0.05, 0.1) is 22.5 Å². The molecule has 0 aliphatic rings. The highest BCUT2D eigenvalue weighted by Gasteiger charge is 2.29. The molecule has 0 spiro atoms. The van der Waals surface area contributed by atoms with E-state index in [1.807, 2.05) is 0 Å². The smallest absolute Gasteiger partial charge is 0.338 e. The summed E-state index contributed by atoms with van der Waals surface area (Å²) in [5.41, 5.74) is -2.59. The van der Waals surface area contributed by atoms with Crippen LogP contribution in [0.25, 0.3) is 0 Å². The second-order valence-electron chi connectivity index (χ2n) is 3.64. The molecule has 0 aliphatic heterocycles. The first-order valence-corrected chi connectivity index (χ1v) is 5.28. The van der Waals surface area contributed by atoms with Crippen LogP contribution in [0.4, 0.5) is 17.1 Å². The molecule has 0 aliphatic carbocycles. The molecule has 21 heavy (non-hydrogen) atoms. The summed E-state index contributed by atoms with van der Waals surface area (Å²) in [4.78, 5) is 41.8. The highest BCUT2D eigenvalue weighted by atomic mass is 16.6. The summed E-state index contributed by atoms with van der Waals surface area (Å²) in [6.45, 7) is -0.765. The van der Waals surface area contributed by atoms with Crippen LogP contribution in [0.5, 0.6) is 0 Å². The van der Waals surface area contributed by atoms with Gasteiger partial charge in [0.2, 0.25) is 0 Å². The topological polar surface area (TPSA) is 162 Å². The van der Waals surface area contributed by atoms with E-state index in [0.29, 0.717) is 0 Å². The van der Waals surface area contributed by atoms with Gasteiger partial charge < -0.3 is 15.2 Å². The van der Waals surface area contributed by atoms with Gasteiger partial charge >= 0.3 is 11.9 Å². The van der Waals surface area contributed by atoms with Crippen molar-refractivity contribution < 1.29 is 29.3 Å². The van der Waals surface area contributed by atoms with Crippen LogP contribution in [0.1, 0.15) is 10.4 Å². The molecular formula is C10H9N3O8. The second kappa shape index (κ2) is 6.27. The molecule has 2 N–H and O–H groups in total. The molecule has 11 nitrogen and oxygen atoms in total. The summed E-state index contributed by atoms with van der Waals surface area (Å²) in [7, 11) is 1.01. The number of hydrogen-bond acceptors (Lipinski definition) is 8. The van der Waals surface area contributed by atoms with Crippen molar-refractivity contribution in [3.05, 3.63) is 37.9 Å². The van der Waals surface area contributed by atoms with Crippen molar-refractivity contribution in [1.82, 2.24) is 0 Å². The van der Waals surface area contributed by atoms with Crippen molar-refractivity contribution in [2.75, 3.05) is 19.0 Å². The number of anilines is 1. The van der Waals surface area contributed by atoms with Gasteiger partial charge in [-0.3, -0.25) is 25.0 Å². The Labute approximate surface area is 116 Å². The van der Waals surface area contributed by atoms with Crippen molar-refractivity contribution in [2.24, 2.45) is 0 Å². The first-order chi connectivity index (χ1) is 9.77. The van der Waals surface area contributed by atoms with E-state index in [-0.39, 0.29) is 0 Å². The molecule has 0 radical (unpaired) electrons. The van der Waals surface area contributed by atoms with Crippen LogP contribution < -0.4 is 5.32 Å². The van der Waals surface area contributed by atoms with Crippen molar-refractivity contribution in [1.29, 1.82) is 0 Å². The molecule has 1 rings (SSSR count). The number of carbonyl (C=O) groups is 2. The zero-order chi connectivity index (χ0) is 16.2. The van der Waals surface area contributed by atoms with Crippen molar-refractivity contribution in [3.63, 3.8) is 0 Å². The minimum Gasteiger partial charge on any atom is -0.480 e. The van der Waals surface area contributed by atoms with E-state index in [9.17, 15) is 29.8 Å². The number of methoxy groups -OCH3 is 1. The Morgan fingerprint density at radius 2 is 1.71 bits per heavy atom. The predicted octanol–water partition coefficient (Wildman–Crippen LogP) is 0.786. The van der Waals surface area contributed by atoms with Gasteiger partial charge in [-0.2, -0.15) is 0 Å². The van der Waals surface area contributed by atoms with Gasteiger partial charge in [-0.25, -0.2) is 4.79 Å². The molecule has 0 aromatic heterocycles. The zero-order valence-corrected chi connectivity index (χ0v) is 10.6. The van der Waals surface area contributed by atoms with Gasteiger partial charge in [0, 0.05) is 12.1 Å². The maximum Gasteiger partial charge on any atom is 0.338 e. The second-order valence-corrected chi connectivity index (χ2v) is 3.64. The highest BCUT2D eigenvalue weighted by Crippen LogP contribution is 2.35. The van der Waals surface area contributed by atoms with Gasteiger partial charge in [0.1, 0.15) is 6.54 Å². The number of benzene rings is 1. The third kappa shape index (κ3) is 3.62. The van der Waals surface area contributed by atoms with E-state index in [4.69, 9.17) is 5.11 Å². The summed E-state index contributed by atoms with van der Waals surface area (Å²) in [5.74, 6) is -2.36. The Bertz CT molecular complexity index is 592. The molecule has 1 aromatic carbocycles. The fraction of sp³-hybridized carbons (Fsp3) is 0.200. The van der Waals surface area contributed by atoms with E-state index in [2.05, 4.69) is 10.1 Å². The Kier molecular flexibility index (Phi) is 4.72. The minimum absolute atomic E-state index is 0.392. The number of nitrogens with zero attached hydrogens (tertiary/aromatic N) is 2. The number of esters is 1. The molecule has 0 atom stereocenters.